The Morgan fingerprint density at radius 3 is 2.28 bits per heavy atom. The molecule has 188 valence electrons. The molecule has 1 spiro atoms. The highest BCUT2D eigenvalue weighted by atomic mass is 32.2. The Morgan fingerprint density at radius 1 is 1.03 bits per heavy atom. The van der Waals surface area contributed by atoms with Crippen molar-refractivity contribution in [3.8, 4) is 5.75 Å². The number of anilines is 2. The van der Waals surface area contributed by atoms with Gasteiger partial charge in [-0.2, -0.15) is 5.23 Å². The lowest BCUT2D eigenvalue weighted by atomic mass is 10.1. The molecule has 0 radical (unpaired) electrons. The van der Waals surface area contributed by atoms with Gasteiger partial charge in [0.15, 0.2) is 11.5 Å². The second kappa shape index (κ2) is 8.92. The number of sulfone groups is 1. The SMILES string of the molecule is COc1ccc(S(=O)(=O)c2ccc3c(c2)C2(OCCCO2)C(=O)N3c2ccc([NH+]([O-])O)cc2F)cc1. The van der Waals surface area contributed by atoms with Gasteiger partial charge in [0.05, 0.1) is 41.5 Å². The zero-order chi connectivity index (χ0) is 25.7. The van der Waals surface area contributed by atoms with Crippen LogP contribution in [0.1, 0.15) is 12.0 Å². The van der Waals surface area contributed by atoms with Crippen molar-refractivity contribution < 1.29 is 42.2 Å². The zero-order valence-electron chi connectivity index (χ0n) is 18.9. The van der Waals surface area contributed by atoms with Crippen LogP contribution >= 0.6 is 0 Å². The first-order valence-corrected chi connectivity index (χ1v) is 12.4. The number of ether oxygens (including phenoxy) is 3. The van der Waals surface area contributed by atoms with E-state index in [2.05, 4.69) is 0 Å². The molecule has 2 aliphatic rings. The monoisotopic (exact) mass is 516 g/mol. The third kappa shape index (κ3) is 3.75. The Kier molecular flexibility index (Phi) is 6.03. The molecule has 1 saturated heterocycles. The topological polar surface area (TPSA) is 130 Å². The molecule has 12 heteroatoms. The second-order valence-corrected chi connectivity index (χ2v) is 10.1. The molecule has 0 saturated carbocycles. The first kappa shape index (κ1) is 24.3. The van der Waals surface area contributed by atoms with Crippen LogP contribution in [0.3, 0.4) is 0 Å². The normalized spacial score (nSPS) is 17.8. The highest BCUT2D eigenvalue weighted by molar-refractivity contribution is 7.91. The van der Waals surface area contributed by atoms with Crippen LogP contribution in [-0.2, 0) is 29.9 Å². The number of benzene rings is 3. The molecule has 0 aromatic heterocycles. The summed E-state index contributed by atoms with van der Waals surface area (Å²) >= 11 is 0. The number of nitrogens with zero attached hydrogens (tertiary/aromatic N) is 1. The van der Waals surface area contributed by atoms with Crippen molar-refractivity contribution in [3.05, 3.63) is 77.3 Å². The quantitative estimate of drug-likeness (QED) is 0.495. The molecule has 5 rings (SSSR count). The highest BCUT2D eigenvalue weighted by Crippen LogP contribution is 2.49. The number of amides is 1. The van der Waals surface area contributed by atoms with E-state index in [0.29, 0.717) is 12.2 Å². The predicted molar refractivity (Wildman–Crippen MR) is 122 cm³/mol. The van der Waals surface area contributed by atoms with Gasteiger partial charge in [-0.1, -0.05) is 0 Å². The van der Waals surface area contributed by atoms with E-state index < -0.39 is 32.6 Å². The van der Waals surface area contributed by atoms with Crippen LogP contribution in [0.5, 0.6) is 5.75 Å². The van der Waals surface area contributed by atoms with E-state index in [0.717, 1.165) is 11.0 Å². The molecule has 36 heavy (non-hydrogen) atoms. The summed E-state index contributed by atoms with van der Waals surface area (Å²) in [6.07, 6.45) is 0.510. The summed E-state index contributed by atoms with van der Waals surface area (Å²) in [5, 5.41) is 19.1. The average molecular weight is 517 g/mol. The third-order valence-electron chi connectivity index (χ3n) is 6.06. The molecule has 2 heterocycles. The van der Waals surface area contributed by atoms with Crippen LogP contribution in [-0.4, -0.2) is 39.9 Å². The molecule has 2 N–H and O–H groups in total. The number of fused-ring (bicyclic) bond motifs is 2. The van der Waals surface area contributed by atoms with Crippen molar-refractivity contribution in [2.24, 2.45) is 0 Å². The van der Waals surface area contributed by atoms with E-state index in [-0.39, 0.29) is 45.6 Å². The molecule has 1 atom stereocenters. The van der Waals surface area contributed by atoms with Gasteiger partial charge < -0.3 is 19.4 Å². The first-order valence-electron chi connectivity index (χ1n) is 10.9. The number of hydrogen-bond acceptors (Lipinski definition) is 8. The van der Waals surface area contributed by atoms with Crippen LogP contribution in [0.4, 0.5) is 21.5 Å². The minimum atomic E-state index is -4.00. The molecule has 3 aromatic carbocycles. The van der Waals surface area contributed by atoms with E-state index >= 15 is 0 Å². The van der Waals surface area contributed by atoms with Crippen molar-refractivity contribution in [3.63, 3.8) is 0 Å². The fourth-order valence-electron chi connectivity index (χ4n) is 4.28. The zero-order valence-corrected chi connectivity index (χ0v) is 19.7. The molecule has 10 nitrogen and oxygen atoms in total. The standard InChI is InChI=1S/C24H21FN2O8S/c1-33-16-4-6-17(7-5-16)36(31,32)18-8-10-21-19(14-18)24(34-11-2-12-35-24)23(28)26(21)22-9-3-15(27(29)30)13-20(22)25/h3-10,13-14,27,29H,2,11-12H2,1H3. The van der Waals surface area contributed by atoms with Crippen LogP contribution in [0.2, 0.25) is 0 Å². The van der Waals surface area contributed by atoms with E-state index in [9.17, 15) is 22.8 Å². The molecule has 1 amide bonds. The summed E-state index contributed by atoms with van der Waals surface area (Å²) in [7, 11) is -2.53. The van der Waals surface area contributed by atoms with Gasteiger partial charge >= 0.3 is 0 Å². The molecule has 0 bridgehead atoms. The summed E-state index contributed by atoms with van der Waals surface area (Å²) < 4.78 is 58.4. The fraction of sp³-hybridized carbons (Fsp3) is 0.208. The number of carbonyl (C=O) groups is 1. The Balaban J connectivity index is 1.65. The average Bonchev–Trinajstić information content (AvgIpc) is 3.11. The summed E-state index contributed by atoms with van der Waals surface area (Å²) in [6, 6.07) is 13.0. The lowest BCUT2D eigenvalue weighted by molar-refractivity contribution is -0.991. The van der Waals surface area contributed by atoms with Gasteiger partial charge in [0, 0.05) is 17.7 Å². The molecule has 1 unspecified atom stereocenters. The maximum atomic E-state index is 15.0. The third-order valence-corrected chi connectivity index (χ3v) is 7.83. The van der Waals surface area contributed by atoms with Crippen LogP contribution in [0.15, 0.2) is 70.5 Å². The van der Waals surface area contributed by atoms with Crippen molar-refractivity contribution >= 4 is 32.8 Å². The van der Waals surface area contributed by atoms with Crippen molar-refractivity contribution in [2.75, 3.05) is 25.2 Å². The van der Waals surface area contributed by atoms with E-state index in [4.69, 9.17) is 19.4 Å². The Labute approximate surface area is 205 Å². The molecule has 1 fully saturated rings. The van der Waals surface area contributed by atoms with Gasteiger partial charge in [0.2, 0.25) is 9.84 Å². The van der Waals surface area contributed by atoms with Crippen molar-refractivity contribution in [2.45, 2.75) is 22.0 Å². The highest BCUT2D eigenvalue weighted by Gasteiger charge is 2.56. The first-order chi connectivity index (χ1) is 17.2. The Morgan fingerprint density at radius 2 is 1.67 bits per heavy atom. The number of nitrogens with one attached hydrogen (secondary N) is 1. The number of halogens is 1. The van der Waals surface area contributed by atoms with Crippen LogP contribution in [0, 0.1) is 11.0 Å². The summed E-state index contributed by atoms with van der Waals surface area (Å²) in [5.74, 6) is -3.19. The maximum Gasteiger partial charge on any atom is 0.297 e. The Hall–Kier alpha value is -3.39. The minimum Gasteiger partial charge on any atom is -0.595 e. The summed E-state index contributed by atoms with van der Waals surface area (Å²) in [5.41, 5.74) is -0.225. The molecular formula is C24H21FN2O8S. The van der Waals surface area contributed by atoms with E-state index in [1.807, 2.05) is 0 Å². The number of rotatable bonds is 5. The molecule has 0 aliphatic carbocycles. The fourth-order valence-corrected chi connectivity index (χ4v) is 5.56. The maximum absolute atomic E-state index is 15.0. The van der Waals surface area contributed by atoms with Gasteiger partial charge in [0.1, 0.15) is 5.75 Å². The van der Waals surface area contributed by atoms with Gasteiger partial charge in [0.25, 0.3) is 11.7 Å². The predicted octanol–water partition coefficient (Wildman–Crippen LogP) is 2.34. The number of quaternary nitrogens is 1. The number of carbonyl (C=O) groups excluding carboxylic acids is 1. The largest absolute Gasteiger partial charge is 0.595 e. The minimum absolute atomic E-state index is 0.0132. The number of hydrogen-bond donors (Lipinski definition) is 2. The van der Waals surface area contributed by atoms with Crippen LogP contribution in [0.25, 0.3) is 0 Å². The van der Waals surface area contributed by atoms with Gasteiger partial charge in [-0.15, -0.1) is 0 Å². The lowest BCUT2D eigenvalue weighted by Gasteiger charge is -2.32. The smallest absolute Gasteiger partial charge is 0.297 e. The van der Waals surface area contributed by atoms with E-state index in [1.54, 1.807) is 0 Å². The molecular weight excluding hydrogens is 495 g/mol. The van der Waals surface area contributed by atoms with Gasteiger partial charge in [-0.3, -0.25) is 9.69 Å². The summed E-state index contributed by atoms with van der Waals surface area (Å²) in [6.45, 7) is 0.323. The molecule has 2 aliphatic heterocycles. The summed E-state index contributed by atoms with van der Waals surface area (Å²) in [4.78, 5) is 14.6. The number of methoxy groups -OCH3 is 1. The van der Waals surface area contributed by atoms with E-state index in [1.165, 1.54) is 61.7 Å². The van der Waals surface area contributed by atoms with Crippen molar-refractivity contribution in [1.29, 1.82) is 0 Å². The lowest BCUT2D eigenvalue weighted by Crippen LogP contribution is -2.99. The second-order valence-electron chi connectivity index (χ2n) is 8.14. The van der Waals surface area contributed by atoms with Crippen LogP contribution < -0.4 is 14.9 Å². The Bertz CT molecular complexity index is 1440. The van der Waals surface area contributed by atoms with Crippen molar-refractivity contribution in [1.82, 2.24) is 0 Å². The van der Waals surface area contributed by atoms with Gasteiger partial charge in [-0.25, -0.2) is 18.0 Å². The molecule has 3 aromatic rings. The van der Waals surface area contributed by atoms with Gasteiger partial charge in [-0.05, 0) is 55.0 Å².